The maximum absolute atomic E-state index is 3.43. The highest BCUT2D eigenvalue weighted by Gasteiger charge is 2.33. The van der Waals surface area contributed by atoms with Crippen molar-refractivity contribution in [1.29, 1.82) is 0 Å². The van der Waals surface area contributed by atoms with E-state index in [1.807, 2.05) is 13.8 Å². The van der Waals surface area contributed by atoms with Crippen LogP contribution in [0.15, 0.2) is 11.8 Å². The summed E-state index contributed by atoms with van der Waals surface area (Å²) in [7, 11) is 2.08. The molecule has 14 heavy (non-hydrogen) atoms. The summed E-state index contributed by atoms with van der Waals surface area (Å²) in [5, 5.41) is 2.10. The molecule has 1 atom stereocenters. The zero-order valence-corrected chi connectivity index (χ0v) is 10.2. The zero-order valence-electron chi connectivity index (χ0n) is 10.2. The summed E-state index contributed by atoms with van der Waals surface area (Å²) >= 11 is 0. The van der Waals surface area contributed by atoms with Crippen LogP contribution in [0.5, 0.6) is 0 Å². The highest BCUT2D eigenvalue weighted by molar-refractivity contribution is 5.18. The molecule has 1 N–H and O–H groups in total. The molecule has 0 aromatic rings. The second-order valence-electron chi connectivity index (χ2n) is 4.88. The van der Waals surface area contributed by atoms with Gasteiger partial charge in [0.2, 0.25) is 0 Å². The van der Waals surface area contributed by atoms with Gasteiger partial charge in [0.15, 0.2) is 0 Å². The standard InChI is InChI=1S/C10H18N2.C2H6/c1-10(2)5-4-9-8(6-10)7-12(3)11-9;1-2/h7,9,11H,4-6H2,1-3H3;1-2H3. The number of hydrogen-bond acceptors (Lipinski definition) is 2. The molecule has 2 rings (SSSR count). The van der Waals surface area contributed by atoms with Crippen molar-refractivity contribution >= 4 is 0 Å². The zero-order chi connectivity index (χ0) is 10.8. The molecule has 1 heterocycles. The molecule has 1 saturated carbocycles. The van der Waals surface area contributed by atoms with Gasteiger partial charge < -0.3 is 5.01 Å². The van der Waals surface area contributed by atoms with Gasteiger partial charge in [0, 0.05) is 19.3 Å². The predicted molar refractivity (Wildman–Crippen MR) is 61.7 cm³/mol. The first-order valence-corrected chi connectivity index (χ1v) is 5.76. The molecule has 2 aliphatic rings. The van der Waals surface area contributed by atoms with Crippen LogP contribution in [0, 0.1) is 5.41 Å². The van der Waals surface area contributed by atoms with Crippen molar-refractivity contribution in [2.75, 3.05) is 7.05 Å². The molecule has 0 aromatic carbocycles. The lowest BCUT2D eigenvalue weighted by Crippen LogP contribution is -2.37. The van der Waals surface area contributed by atoms with Crippen LogP contribution in [-0.4, -0.2) is 18.1 Å². The fourth-order valence-corrected chi connectivity index (χ4v) is 2.30. The van der Waals surface area contributed by atoms with E-state index in [2.05, 4.69) is 37.5 Å². The lowest BCUT2D eigenvalue weighted by molar-refractivity contribution is 0.238. The van der Waals surface area contributed by atoms with Crippen molar-refractivity contribution in [2.45, 2.75) is 53.0 Å². The Morgan fingerprint density at radius 1 is 1.43 bits per heavy atom. The molecule has 82 valence electrons. The normalized spacial score (nSPS) is 28.8. The Bertz CT molecular complexity index is 218. The lowest BCUT2D eigenvalue weighted by atomic mass is 9.74. The molecule has 0 spiro atoms. The van der Waals surface area contributed by atoms with E-state index in [-0.39, 0.29) is 0 Å². The second kappa shape index (κ2) is 4.35. The summed E-state index contributed by atoms with van der Waals surface area (Å²) in [5.74, 6) is 0. The first kappa shape index (κ1) is 11.6. The third-order valence-corrected chi connectivity index (χ3v) is 2.96. The maximum atomic E-state index is 3.43. The Labute approximate surface area is 88.3 Å². The van der Waals surface area contributed by atoms with Crippen molar-refractivity contribution in [3.05, 3.63) is 11.8 Å². The van der Waals surface area contributed by atoms with Gasteiger partial charge in [-0.1, -0.05) is 27.7 Å². The molecule has 1 aliphatic carbocycles. The molecule has 0 bridgehead atoms. The van der Waals surface area contributed by atoms with Crippen LogP contribution < -0.4 is 5.43 Å². The van der Waals surface area contributed by atoms with E-state index in [1.54, 1.807) is 5.57 Å². The molecule has 0 saturated heterocycles. The van der Waals surface area contributed by atoms with Gasteiger partial charge >= 0.3 is 0 Å². The smallest absolute Gasteiger partial charge is 0.0489 e. The lowest BCUT2D eigenvalue weighted by Gasteiger charge is -2.33. The Hall–Kier alpha value is -0.500. The summed E-state index contributed by atoms with van der Waals surface area (Å²) in [6, 6.07) is 0.642. The molecule has 2 heteroatoms. The van der Waals surface area contributed by atoms with E-state index < -0.39 is 0 Å². The van der Waals surface area contributed by atoms with Gasteiger partial charge in [0.25, 0.3) is 0 Å². The minimum atomic E-state index is 0.523. The van der Waals surface area contributed by atoms with Crippen LogP contribution in [0.2, 0.25) is 0 Å². The van der Waals surface area contributed by atoms with Crippen LogP contribution in [-0.2, 0) is 0 Å². The van der Waals surface area contributed by atoms with Crippen LogP contribution in [0.1, 0.15) is 47.0 Å². The summed E-state index contributed by atoms with van der Waals surface area (Å²) < 4.78 is 0. The van der Waals surface area contributed by atoms with E-state index in [1.165, 1.54) is 19.3 Å². The third-order valence-electron chi connectivity index (χ3n) is 2.96. The molecule has 1 fully saturated rings. The topological polar surface area (TPSA) is 15.3 Å². The summed E-state index contributed by atoms with van der Waals surface area (Å²) in [4.78, 5) is 0. The molecular weight excluding hydrogens is 172 g/mol. The van der Waals surface area contributed by atoms with E-state index in [4.69, 9.17) is 0 Å². The molecule has 1 unspecified atom stereocenters. The van der Waals surface area contributed by atoms with Gasteiger partial charge in [-0.05, 0) is 30.3 Å². The van der Waals surface area contributed by atoms with Gasteiger partial charge in [-0.25, -0.2) is 5.43 Å². The van der Waals surface area contributed by atoms with Crippen molar-refractivity contribution in [3.63, 3.8) is 0 Å². The fourth-order valence-electron chi connectivity index (χ4n) is 2.30. The van der Waals surface area contributed by atoms with Crippen molar-refractivity contribution in [3.8, 4) is 0 Å². The number of nitrogens with zero attached hydrogens (tertiary/aromatic N) is 1. The minimum absolute atomic E-state index is 0.523. The Morgan fingerprint density at radius 3 is 2.71 bits per heavy atom. The summed E-state index contributed by atoms with van der Waals surface area (Å²) in [6.07, 6.45) is 6.15. The second-order valence-corrected chi connectivity index (χ2v) is 4.88. The minimum Gasteiger partial charge on any atom is -0.318 e. The number of hydrazine groups is 1. The first-order valence-electron chi connectivity index (χ1n) is 5.76. The van der Waals surface area contributed by atoms with E-state index >= 15 is 0 Å². The molecular formula is C12H24N2. The van der Waals surface area contributed by atoms with Crippen LogP contribution in [0.4, 0.5) is 0 Å². The average molecular weight is 196 g/mol. The predicted octanol–water partition coefficient (Wildman–Crippen LogP) is 2.93. The van der Waals surface area contributed by atoms with Gasteiger partial charge in [0.05, 0.1) is 0 Å². The van der Waals surface area contributed by atoms with Crippen molar-refractivity contribution in [2.24, 2.45) is 5.41 Å². The fraction of sp³-hybridized carbons (Fsp3) is 0.833. The molecule has 0 amide bonds. The van der Waals surface area contributed by atoms with Crippen molar-refractivity contribution in [1.82, 2.24) is 10.4 Å². The summed E-state index contributed by atoms with van der Waals surface area (Å²) in [5.41, 5.74) is 5.55. The molecule has 0 aromatic heterocycles. The Morgan fingerprint density at radius 2 is 2.07 bits per heavy atom. The highest BCUT2D eigenvalue weighted by atomic mass is 15.5. The molecule has 0 radical (unpaired) electrons. The van der Waals surface area contributed by atoms with Gasteiger partial charge in [-0.3, -0.25) is 0 Å². The largest absolute Gasteiger partial charge is 0.318 e. The van der Waals surface area contributed by atoms with Gasteiger partial charge in [-0.2, -0.15) is 0 Å². The number of rotatable bonds is 0. The highest BCUT2D eigenvalue weighted by Crippen LogP contribution is 2.39. The van der Waals surface area contributed by atoms with Crippen LogP contribution in [0.3, 0.4) is 0 Å². The molecule has 1 aliphatic heterocycles. The van der Waals surface area contributed by atoms with E-state index in [0.717, 1.165) is 0 Å². The van der Waals surface area contributed by atoms with Crippen molar-refractivity contribution < 1.29 is 0 Å². The van der Waals surface area contributed by atoms with Gasteiger partial charge in [0.1, 0.15) is 0 Å². The average Bonchev–Trinajstić information content (AvgIpc) is 2.46. The van der Waals surface area contributed by atoms with Crippen LogP contribution in [0.25, 0.3) is 0 Å². The third kappa shape index (κ3) is 2.50. The SMILES string of the molecule is CC.CN1C=C2CC(C)(C)CCC2N1. The first-order chi connectivity index (χ1) is 6.57. The number of nitrogens with one attached hydrogen (secondary N) is 1. The Balaban J connectivity index is 0.000000461. The maximum Gasteiger partial charge on any atom is 0.0489 e. The monoisotopic (exact) mass is 196 g/mol. The van der Waals surface area contributed by atoms with Crippen LogP contribution >= 0.6 is 0 Å². The van der Waals surface area contributed by atoms with E-state index in [0.29, 0.717) is 11.5 Å². The number of hydrogen-bond donors (Lipinski definition) is 1. The van der Waals surface area contributed by atoms with Gasteiger partial charge in [-0.15, -0.1) is 0 Å². The van der Waals surface area contributed by atoms with E-state index in [9.17, 15) is 0 Å². The molecule has 2 nitrogen and oxygen atoms in total. The summed E-state index contributed by atoms with van der Waals surface area (Å²) in [6.45, 7) is 8.73. The number of fused-ring (bicyclic) bond motifs is 1. The quantitative estimate of drug-likeness (QED) is 0.641. The Kier molecular flexibility index (Phi) is 3.59.